The average molecular weight is 294 g/mol. The predicted octanol–water partition coefficient (Wildman–Crippen LogP) is 4.02. The Morgan fingerprint density at radius 3 is 2.62 bits per heavy atom. The molecule has 0 bridgehead atoms. The van der Waals surface area contributed by atoms with Crippen LogP contribution < -0.4 is 0 Å². The molecule has 0 aliphatic heterocycles. The normalized spacial score (nSPS) is 27.6. The van der Waals surface area contributed by atoms with Crippen LogP contribution in [0.5, 0.6) is 0 Å². The fraction of sp³-hybridized carbons (Fsp3) is 0.667. The first kappa shape index (κ1) is 16.4. The van der Waals surface area contributed by atoms with Crippen LogP contribution in [-0.2, 0) is 11.2 Å². The first-order valence-electron chi connectivity index (χ1n) is 8.04. The molecule has 0 saturated heterocycles. The Bertz CT molecular complexity index is 464. The maximum Gasteiger partial charge on any atom is 0.123 e. The van der Waals surface area contributed by atoms with Gasteiger partial charge in [-0.05, 0) is 68.7 Å². The van der Waals surface area contributed by atoms with Crippen molar-refractivity contribution < 1.29 is 14.2 Å². The van der Waals surface area contributed by atoms with Gasteiger partial charge in [-0.15, -0.1) is 0 Å². The Morgan fingerprint density at radius 2 is 2.05 bits per heavy atom. The molecular weight excluding hydrogens is 267 g/mol. The van der Waals surface area contributed by atoms with Crippen molar-refractivity contribution in [3.63, 3.8) is 0 Å². The molecule has 0 aromatic heterocycles. The number of aliphatic hydroxyl groups is 1. The number of hydrogen-bond donors (Lipinski definition) is 1. The molecule has 0 spiro atoms. The smallest absolute Gasteiger partial charge is 0.123 e. The topological polar surface area (TPSA) is 29.5 Å². The molecule has 1 aliphatic rings. The Balaban J connectivity index is 2.13. The summed E-state index contributed by atoms with van der Waals surface area (Å²) in [4.78, 5) is 0. The zero-order chi connectivity index (χ0) is 15.5. The van der Waals surface area contributed by atoms with Gasteiger partial charge in [-0.2, -0.15) is 0 Å². The van der Waals surface area contributed by atoms with E-state index in [-0.39, 0.29) is 5.82 Å². The predicted molar refractivity (Wildman–Crippen MR) is 82.8 cm³/mol. The van der Waals surface area contributed by atoms with Crippen LogP contribution in [0.25, 0.3) is 0 Å². The summed E-state index contributed by atoms with van der Waals surface area (Å²) in [7, 11) is 0. The Hall–Kier alpha value is -0.930. The van der Waals surface area contributed by atoms with Gasteiger partial charge < -0.3 is 9.84 Å². The maximum absolute atomic E-state index is 13.2. The van der Waals surface area contributed by atoms with Crippen LogP contribution in [-0.4, -0.2) is 23.4 Å². The van der Waals surface area contributed by atoms with Gasteiger partial charge in [0.2, 0.25) is 0 Å². The van der Waals surface area contributed by atoms with Gasteiger partial charge >= 0.3 is 0 Å². The lowest BCUT2D eigenvalue weighted by molar-refractivity contribution is -0.143. The molecule has 1 unspecified atom stereocenters. The lowest BCUT2D eigenvalue weighted by atomic mass is 9.74. The van der Waals surface area contributed by atoms with Crippen LogP contribution in [0, 0.1) is 18.7 Å². The number of benzene rings is 1. The summed E-state index contributed by atoms with van der Waals surface area (Å²) in [5, 5.41) is 10.8. The quantitative estimate of drug-likeness (QED) is 0.888. The molecule has 3 heteroatoms. The van der Waals surface area contributed by atoms with Crippen molar-refractivity contribution in [2.45, 2.75) is 64.6 Å². The number of aliphatic hydroxyl groups excluding tert-OH is 1. The van der Waals surface area contributed by atoms with Crippen LogP contribution in [0.15, 0.2) is 18.2 Å². The van der Waals surface area contributed by atoms with Gasteiger partial charge in [-0.1, -0.05) is 13.0 Å². The molecule has 2 nitrogen and oxygen atoms in total. The van der Waals surface area contributed by atoms with Gasteiger partial charge in [0, 0.05) is 13.0 Å². The molecule has 1 aliphatic carbocycles. The monoisotopic (exact) mass is 294 g/mol. The van der Waals surface area contributed by atoms with Crippen molar-refractivity contribution in [2.24, 2.45) is 5.92 Å². The van der Waals surface area contributed by atoms with Crippen molar-refractivity contribution >= 4 is 0 Å². The molecule has 1 aromatic rings. The number of ether oxygens (including phenoxy) is 1. The molecule has 1 fully saturated rings. The third-order valence-corrected chi connectivity index (χ3v) is 4.88. The fourth-order valence-electron chi connectivity index (χ4n) is 3.39. The van der Waals surface area contributed by atoms with Gasteiger partial charge in [0.25, 0.3) is 0 Å². The molecule has 1 saturated carbocycles. The molecule has 2 rings (SSSR count). The minimum absolute atomic E-state index is 0.225. The van der Waals surface area contributed by atoms with E-state index in [1.165, 1.54) is 12.1 Å². The van der Waals surface area contributed by atoms with E-state index in [0.717, 1.165) is 36.8 Å². The molecular formula is C18H27FO2. The summed E-state index contributed by atoms with van der Waals surface area (Å²) in [6.07, 6.45) is 4.00. The van der Waals surface area contributed by atoms with Gasteiger partial charge in [0.15, 0.2) is 0 Å². The fourth-order valence-corrected chi connectivity index (χ4v) is 3.39. The average Bonchev–Trinajstić information content (AvgIpc) is 2.45. The highest BCUT2D eigenvalue weighted by Gasteiger charge is 2.41. The molecule has 1 atom stereocenters. The van der Waals surface area contributed by atoms with Crippen LogP contribution in [0.4, 0.5) is 4.39 Å². The van der Waals surface area contributed by atoms with Crippen molar-refractivity contribution in [1.82, 2.24) is 0 Å². The lowest BCUT2D eigenvalue weighted by Gasteiger charge is -2.42. The van der Waals surface area contributed by atoms with Gasteiger partial charge in [0.05, 0.1) is 11.7 Å². The zero-order valence-corrected chi connectivity index (χ0v) is 13.4. The minimum Gasteiger partial charge on any atom is -0.390 e. The van der Waals surface area contributed by atoms with Crippen LogP contribution in [0.3, 0.4) is 0 Å². The molecule has 0 amide bonds. The second-order valence-electron chi connectivity index (χ2n) is 6.47. The lowest BCUT2D eigenvalue weighted by Crippen LogP contribution is -2.48. The third-order valence-electron chi connectivity index (χ3n) is 4.88. The molecule has 118 valence electrons. The van der Waals surface area contributed by atoms with E-state index in [9.17, 15) is 9.50 Å². The highest BCUT2D eigenvalue weighted by atomic mass is 19.1. The summed E-state index contributed by atoms with van der Waals surface area (Å²) < 4.78 is 19.2. The van der Waals surface area contributed by atoms with Crippen molar-refractivity contribution in [3.05, 3.63) is 35.1 Å². The number of halogens is 1. The van der Waals surface area contributed by atoms with E-state index in [0.29, 0.717) is 18.9 Å². The van der Waals surface area contributed by atoms with E-state index >= 15 is 0 Å². The van der Waals surface area contributed by atoms with E-state index < -0.39 is 11.7 Å². The summed E-state index contributed by atoms with van der Waals surface area (Å²) in [6, 6.07) is 4.77. The molecule has 0 heterocycles. The van der Waals surface area contributed by atoms with E-state index in [2.05, 4.69) is 6.92 Å². The summed E-state index contributed by atoms with van der Waals surface area (Å²) >= 11 is 0. The van der Waals surface area contributed by atoms with Crippen molar-refractivity contribution in [1.29, 1.82) is 0 Å². The molecule has 1 N–H and O–H groups in total. The second kappa shape index (κ2) is 6.89. The van der Waals surface area contributed by atoms with Gasteiger partial charge in [-0.25, -0.2) is 4.39 Å². The van der Waals surface area contributed by atoms with Crippen LogP contribution in [0.1, 0.15) is 50.7 Å². The molecule has 1 aromatic carbocycles. The Morgan fingerprint density at radius 1 is 1.38 bits per heavy atom. The van der Waals surface area contributed by atoms with Crippen LogP contribution >= 0.6 is 0 Å². The largest absolute Gasteiger partial charge is 0.390 e. The SMILES string of the molecule is CCOC1(C(O)Cc2ccc(F)cc2C)CCC(C)CC1. The Labute approximate surface area is 127 Å². The second-order valence-corrected chi connectivity index (χ2v) is 6.47. The number of aryl methyl sites for hydroxylation is 1. The van der Waals surface area contributed by atoms with E-state index in [1.54, 1.807) is 6.07 Å². The minimum atomic E-state index is -0.533. The standard InChI is InChI=1S/C18H27FO2/c1-4-21-18(9-7-13(2)8-10-18)17(20)12-15-5-6-16(19)11-14(15)3/h5-6,11,13,17,20H,4,7-10,12H2,1-3H3. The van der Waals surface area contributed by atoms with Gasteiger partial charge in [0.1, 0.15) is 5.82 Å². The van der Waals surface area contributed by atoms with E-state index in [4.69, 9.17) is 4.74 Å². The summed E-state index contributed by atoms with van der Waals surface area (Å²) in [5.41, 5.74) is 1.47. The summed E-state index contributed by atoms with van der Waals surface area (Å²) in [6.45, 7) is 6.75. The number of rotatable bonds is 5. The first-order chi connectivity index (χ1) is 9.97. The highest BCUT2D eigenvalue weighted by molar-refractivity contribution is 5.27. The number of hydrogen-bond acceptors (Lipinski definition) is 2. The summed E-state index contributed by atoms with van der Waals surface area (Å²) in [5.74, 6) is 0.482. The zero-order valence-electron chi connectivity index (χ0n) is 13.4. The van der Waals surface area contributed by atoms with E-state index in [1.807, 2.05) is 13.8 Å². The van der Waals surface area contributed by atoms with Crippen molar-refractivity contribution in [2.75, 3.05) is 6.61 Å². The third kappa shape index (κ3) is 3.83. The Kier molecular flexibility index (Phi) is 5.39. The van der Waals surface area contributed by atoms with Crippen LogP contribution in [0.2, 0.25) is 0 Å². The molecule has 0 radical (unpaired) electrons. The first-order valence-corrected chi connectivity index (χ1v) is 8.04. The molecule has 21 heavy (non-hydrogen) atoms. The van der Waals surface area contributed by atoms with Crippen molar-refractivity contribution in [3.8, 4) is 0 Å². The highest BCUT2D eigenvalue weighted by Crippen LogP contribution is 2.38. The maximum atomic E-state index is 13.2. The van der Waals surface area contributed by atoms with Gasteiger partial charge in [-0.3, -0.25) is 0 Å².